The first-order valence-electron chi connectivity index (χ1n) is 6.84. The molecule has 0 spiro atoms. The Morgan fingerprint density at radius 1 is 0.750 bits per heavy atom. The molecule has 1 aliphatic carbocycles. The van der Waals surface area contributed by atoms with Gasteiger partial charge in [0.05, 0.1) is 0 Å². The van der Waals surface area contributed by atoms with Crippen molar-refractivity contribution in [1.29, 1.82) is 0 Å². The topological polar surface area (TPSA) is 104 Å². The van der Waals surface area contributed by atoms with E-state index in [0.717, 1.165) is 34.7 Å². The predicted molar refractivity (Wildman–Crippen MR) is 81.5 cm³/mol. The zero-order chi connectivity index (χ0) is 13.9. The molecular weight excluding hydrogens is 292 g/mol. The molecule has 0 amide bonds. The van der Waals surface area contributed by atoms with Gasteiger partial charge in [-0.2, -0.15) is 0 Å². The van der Waals surface area contributed by atoms with Crippen LogP contribution < -0.4 is 11.5 Å². The Labute approximate surface area is 125 Å². The minimum absolute atomic E-state index is 0.572. The summed E-state index contributed by atoms with van der Waals surface area (Å²) in [6.45, 7) is 0. The normalized spacial score (nSPS) is 23.0. The second-order valence-corrected chi connectivity index (χ2v) is 7.55. The Morgan fingerprint density at radius 2 is 1.15 bits per heavy atom. The van der Waals surface area contributed by atoms with Gasteiger partial charge in [0, 0.05) is 12.8 Å². The molecule has 0 aromatic carbocycles. The lowest BCUT2D eigenvalue weighted by atomic mass is 9.79. The minimum Gasteiger partial charge on any atom is -0.374 e. The number of rotatable bonds is 4. The highest BCUT2D eigenvalue weighted by atomic mass is 32.1. The maximum atomic E-state index is 5.62. The molecule has 8 heteroatoms. The molecule has 0 atom stereocenters. The maximum Gasteiger partial charge on any atom is 0.203 e. The number of hydrogen-bond acceptors (Lipinski definition) is 8. The number of anilines is 2. The van der Waals surface area contributed by atoms with Gasteiger partial charge in [0.25, 0.3) is 0 Å². The van der Waals surface area contributed by atoms with Gasteiger partial charge in [-0.05, 0) is 37.5 Å². The molecule has 1 saturated carbocycles. The molecule has 1 fully saturated rings. The van der Waals surface area contributed by atoms with Gasteiger partial charge in [0.15, 0.2) is 0 Å². The monoisotopic (exact) mass is 310 g/mol. The first kappa shape index (κ1) is 13.7. The second kappa shape index (κ2) is 6.01. The number of aromatic nitrogens is 4. The van der Waals surface area contributed by atoms with E-state index in [9.17, 15) is 0 Å². The first-order valence-corrected chi connectivity index (χ1v) is 8.48. The minimum atomic E-state index is 0.572. The highest BCUT2D eigenvalue weighted by molar-refractivity contribution is 7.15. The van der Waals surface area contributed by atoms with E-state index < -0.39 is 0 Å². The third kappa shape index (κ3) is 3.43. The average Bonchev–Trinajstić information content (AvgIpc) is 3.01. The second-order valence-electron chi connectivity index (χ2n) is 5.36. The van der Waals surface area contributed by atoms with Crippen molar-refractivity contribution in [2.24, 2.45) is 11.8 Å². The zero-order valence-electron chi connectivity index (χ0n) is 11.2. The predicted octanol–water partition coefficient (Wildman–Crippen LogP) is 2.15. The van der Waals surface area contributed by atoms with Gasteiger partial charge in [0.1, 0.15) is 10.0 Å². The van der Waals surface area contributed by atoms with E-state index in [1.165, 1.54) is 48.4 Å². The van der Waals surface area contributed by atoms with Gasteiger partial charge in [-0.1, -0.05) is 22.7 Å². The van der Waals surface area contributed by atoms with Crippen LogP contribution in [0, 0.1) is 11.8 Å². The summed E-state index contributed by atoms with van der Waals surface area (Å²) in [6.07, 6.45) is 7.04. The lowest BCUT2D eigenvalue weighted by Crippen LogP contribution is -2.18. The van der Waals surface area contributed by atoms with Crippen LogP contribution in [0.15, 0.2) is 0 Å². The van der Waals surface area contributed by atoms with E-state index in [2.05, 4.69) is 20.4 Å². The van der Waals surface area contributed by atoms with E-state index in [-0.39, 0.29) is 0 Å². The lowest BCUT2D eigenvalue weighted by Gasteiger charge is -2.27. The molecule has 108 valence electrons. The van der Waals surface area contributed by atoms with Crippen LogP contribution >= 0.6 is 22.7 Å². The summed E-state index contributed by atoms with van der Waals surface area (Å²) < 4.78 is 0. The largest absolute Gasteiger partial charge is 0.374 e. The Morgan fingerprint density at radius 3 is 1.45 bits per heavy atom. The number of hydrogen-bond donors (Lipinski definition) is 2. The summed E-state index contributed by atoms with van der Waals surface area (Å²) in [5, 5.41) is 19.3. The van der Waals surface area contributed by atoms with Crippen molar-refractivity contribution in [2.45, 2.75) is 38.5 Å². The van der Waals surface area contributed by atoms with E-state index in [0.29, 0.717) is 10.3 Å². The fourth-order valence-corrected chi connectivity index (χ4v) is 4.28. The van der Waals surface area contributed by atoms with Crippen molar-refractivity contribution >= 4 is 32.9 Å². The number of nitrogen functional groups attached to an aromatic ring is 2. The van der Waals surface area contributed by atoms with Gasteiger partial charge in [-0.3, -0.25) is 0 Å². The van der Waals surface area contributed by atoms with Gasteiger partial charge in [-0.15, -0.1) is 20.4 Å². The van der Waals surface area contributed by atoms with Crippen molar-refractivity contribution in [3.8, 4) is 0 Å². The Bertz CT molecular complexity index is 508. The standard InChI is InChI=1S/C12H18N6S2/c13-11-17-15-9(19-11)5-7-1-2-8(4-3-7)6-10-16-18-12(14)20-10/h7-8H,1-6H2,(H2,13,17)(H2,14,18). The number of nitrogens with zero attached hydrogens (tertiary/aromatic N) is 4. The molecule has 0 unspecified atom stereocenters. The van der Waals surface area contributed by atoms with Gasteiger partial charge in [-0.25, -0.2) is 0 Å². The highest BCUT2D eigenvalue weighted by Crippen LogP contribution is 2.34. The van der Waals surface area contributed by atoms with Crippen molar-refractivity contribution < 1.29 is 0 Å². The molecule has 20 heavy (non-hydrogen) atoms. The molecule has 2 heterocycles. The fraction of sp³-hybridized carbons (Fsp3) is 0.667. The molecule has 2 aromatic heterocycles. The molecule has 0 bridgehead atoms. The highest BCUT2D eigenvalue weighted by Gasteiger charge is 2.23. The van der Waals surface area contributed by atoms with E-state index in [4.69, 9.17) is 11.5 Å². The lowest BCUT2D eigenvalue weighted by molar-refractivity contribution is 0.271. The average molecular weight is 310 g/mol. The van der Waals surface area contributed by atoms with Crippen LogP contribution in [0.2, 0.25) is 0 Å². The van der Waals surface area contributed by atoms with E-state index >= 15 is 0 Å². The molecule has 4 N–H and O–H groups in total. The van der Waals surface area contributed by atoms with Gasteiger partial charge >= 0.3 is 0 Å². The quantitative estimate of drug-likeness (QED) is 0.896. The van der Waals surface area contributed by atoms with Crippen LogP contribution in [0.25, 0.3) is 0 Å². The molecule has 0 radical (unpaired) electrons. The Hall–Kier alpha value is -1.28. The van der Waals surface area contributed by atoms with E-state index in [1.807, 2.05) is 0 Å². The van der Waals surface area contributed by atoms with Crippen molar-refractivity contribution in [1.82, 2.24) is 20.4 Å². The van der Waals surface area contributed by atoms with Crippen LogP contribution in [0.3, 0.4) is 0 Å². The maximum absolute atomic E-state index is 5.62. The van der Waals surface area contributed by atoms with Crippen molar-refractivity contribution in [3.63, 3.8) is 0 Å². The zero-order valence-corrected chi connectivity index (χ0v) is 12.8. The Balaban J connectivity index is 1.47. The van der Waals surface area contributed by atoms with Crippen LogP contribution in [0.1, 0.15) is 35.7 Å². The number of nitrogens with two attached hydrogens (primary N) is 2. The SMILES string of the molecule is Nc1nnc(CC2CCC(Cc3nnc(N)s3)CC2)s1. The summed E-state index contributed by atoms with van der Waals surface area (Å²) >= 11 is 3.03. The van der Waals surface area contributed by atoms with Crippen LogP contribution in [0.5, 0.6) is 0 Å². The van der Waals surface area contributed by atoms with Crippen LogP contribution in [-0.4, -0.2) is 20.4 Å². The smallest absolute Gasteiger partial charge is 0.203 e. The molecule has 3 rings (SSSR count). The summed E-state index contributed by atoms with van der Waals surface area (Å²) in [6, 6.07) is 0. The fourth-order valence-electron chi connectivity index (χ4n) is 2.83. The molecule has 6 nitrogen and oxygen atoms in total. The molecule has 0 aliphatic heterocycles. The molecule has 2 aromatic rings. The van der Waals surface area contributed by atoms with Crippen LogP contribution in [-0.2, 0) is 12.8 Å². The van der Waals surface area contributed by atoms with Gasteiger partial charge in [0.2, 0.25) is 10.3 Å². The van der Waals surface area contributed by atoms with Gasteiger partial charge < -0.3 is 11.5 Å². The summed E-state index contributed by atoms with van der Waals surface area (Å²) in [7, 11) is 0. The summed E-state index contributed by atoms with van der Waals surface area (Å²) in [5.74, 6) is 1.44. The summed E-state index contributed by atoms with van der Waals surface area (Å²) in [5.41, 5.74) is 11.2. The van der Waals surface area contributed by atoms with E-state index in [1.54, 1.807) is 0 Å². The summed E-state index contributed by atoms with van der Waals surface area (Å²) in [4.78, 5) is 0. The van der Waals surface area contributed by atoms with Crippen molar-refractivity contribution in [3.05, 3.63) is 10.0 Å². The molecular formula is C12H18N6S2. The third-order valence-corrected chi connectivity index (χ3v) is 5.41. The first-order chi connectivity index (χ1) is 9.69. The van der Waals surface area contributed by atoms with Crippen LogP contribution in [0.4, 0.5) is 10.3 Å². The third-order valence-electron chi connectivity index (χ3n) is 3.86. The molecule has 1 aliphatic rings. The Kier molecular flexibility index (Phi) is 4.11. The molecule has 0 saturated heterocycles. The van der Waals surface area contributed by atoms with Crippen molar-refractivity contribution in [2.75, 3.05) is 11.5 Å².